The van der Waals surface area contributed by atoms with Gasteiger partial charge in [-0.25, -0.2) is 0 Å². The Balaban J connectivity index is 1.65. The molecule has 98 valence electrons. The van der Waals surface area contributed by atoms with Crippen LogP contribution in [0.4, 0.5) is 5.69 Å². The van der Waals surface area contributed by atoms with Crippen LogP contribution in [0.2, 0.25) is 5.02 Å². The van der Waals surface area contributed by atoms with Crippen LogP contribution in [0.25, 0.3) is 0 Å². The van der Waals surface area contributed by atoms with Crippen molar-refractivity contribution in [3.05, 3.63) is 17.2 Å². The van der Waals surface area contributed by atoms with Gasteiger partial charge in [0, 0.05) is 24.7 Å². The van der Waals surface area contributed by atoms with Crippen LogP contribution in [0.5, 0.6) is 11.5 Å². The lowest BCUT2D eigenvalue weighted by Gasteiger charge is -2.24. The molecule has 2 aliphatic rings. The molecule has 5 heteroatoms. The maximum absolute atomic E-state index is 6.21. The number of rotatable bonds is 3. The van der Waals surface area contributed by atoms with Crippen molar-refractivity contribution in [3.8, 4) is 11.5 Å². The van der Waals surface area contributed by atoms with Gasteiger partial charge >= 0.3 is 0 Å². The fraction of sp³-hybridized carbons (Fsp3) is 0.538. The van der Waals surface area contributed by atoms with Gasteiger partial charge in [-0.05, 0) is 19.4 Å². The molecule has 18 heavy (non-hydrogen) atoms. The van der Waals surface area contributed by atoms with Crippen molar-refractivity contribution < 1.29 is 9.47 Å². The molecule has 0 bridgehead atoms. The van der Waals surface area contributed by atoms with Gasteiger partial charge in [0.15, 0.2) is 11.5 Å². The van der Waals surface area contributed by atoms with Crippen molar-refractivity contribution in [2.45, 2.75) is 25.3 Å². The highest BCUT2D eigenvalue weighted by Gasteiger charge is 2.17. The molecule has 1 aromatic rings. The van der Waals surface area contributed by atoms with Crippen LogP contribution in [0.15, 0.2) is 12.1 Å². The number of ether oxygens (including phenoxy) is 2. The average molecular weight is 269 g/mol. The minimum absolute atomic E-state index is 0.277. The van der Waals surface area contributed by atoms with Crippen molar-refractivity contribution >= 4 is 17.3 Å². The lowest BCUT2D eigenvalue weighted by Crippen LogP contribution is -2.39. The van der Waals surface area contributed by atoms with Crippen molar-refractivity contribution in [1.29, 1.82) is 0 Å². The molecule has 1 unspecified atom stereocenters. The Hall–Kier alpha value is -1.13. The first-order chi connectivity index (χ1) is 8.83. The Morgan fingerprint density at radius 3 is 2.89 bits per heavy atom. The number of piperidine rings is 1. The molecule has 0 saturated carbocycles. The molecular formula is C13H17ClN2O2. The first-order valence-electron chi connectivity index (χ1n) is 6.39. The van der Waals surface area contributed by atoms with Gasteiger partial charge in [0.25, 0.3) is 0 Å². The second-order valence-corrected chi connectivity index (χ2v) is 5.12. The van der Waals surface area contributed by atoms with Crippen LogP contribution in [0, 0.1) is 0 Å². The summed E-state index contributed by atoms with van der Waals surface area (Å²) in [5, 5.41) is 7.56. The van der Waals surface area contributed by atoms with Crippen LogP contribution >= 0.6 is 11.6 Å². The fourth-order valence-electron chi connectivity index (χ4n) is 2.38. The number of benzene rings is 1. The van der Waals surface area contributed by atoms with Crippen molar-refractivity contribution in [2.24, 2.45) is 0 Å². The first-order valence-corrected chi connectivity index (χ1v) is 6.77. The molecule has 3 rings (SSSR count). The Kier molecular flexibility index (Phi) is 3.48. The fourth-order valence-corrected chi connectivity index (χ4v) is 2.60. The summed E-state index contributed by atoms with van der Waals surface area (Å²) in [6, 6.07) is 4.24. The number of fused-ring (bicyclic) bond motifs is 1. The third-order valence-electron chi connectivity index (χ3n) is 3.41. The molecule has 0 spiro atoms. The number of nitrogens with one attached hydrogen (secondary N) is 2. The zero-order valence-corrected chi connectivity index (χ0v) is 10.9. The van der Waals surface area contributed by atoms with E-state index in [0.29, 0.717) is 11.1 Å². The van der Waals surface area contributed by atoms with E-state index in [1.165, 1.54) is 19.3 Å². The highest BCUT2D eigenvalue weighted by Crippen LogP contribution is 2.39. The smallest absolute Gasteiger partial charge is 0.231 e. The van der Waals surface area contributed by atoms with E-state index in [1.54, 1.807) is 6.07 Å². The summed E-state index contributed by atoms with van der Waals surface area (Å²) in [7, 11) is 0. The first kappa shape index (κ1) is 11.9. The van der Waals surface area contributed by atoms with Crippen LogP contribution < -0.4 is 20.1 Å². The molecule has 0 amide bonds. The van der Waals surface area contributed by atoms with Gasteiger partial charge < -0.3 is 20.1 Å². The van der Waals surface area contributed by atoms with Gasteiger partial charge in [-0.3, -0.25) is 0 Å². The van der Waals surface area contributed by atoms with Gasteiger partial charge in [-0.15, -0.1) is 0 Å². The number of hydrogen-bond donors (Lipinski definition) is 2. The van der Waals surface area contributed by atoms with E-state index in [0.717, 1.165) is 30.3 Å². The quantitative estimate of drug-likeness (QED) is 0.884. The Labute approximate surface area is 112 Å². The van der Waals surface area contributed by atoms with Crippen molar-refractivity contribution in [1.82, 2.24) is 5.32 Å². The van der Waals surface area contributed by atoms with E-state index in [9.17, 15) is 0 Å². The third-order valence-corrected chi connectivity index (χ3v) is 3.73. The molecule has 4 nitrogen and oxygen atoms in total. The summed E-state index contributed by atoms with van der Waals surface area (Å²) in [5.74, 6) is 1.49. The molecule has 1 saturated heterocycles. The van der Waals surface area contributed by atoms with Gasteiger partial charge in [-0.1, -0.05) is 18.0 Å². The van der Waals surface area contributed by atoms with Crippen LogP contribution in [-0.4, -0.2) is 25.9 Å². The van der Waals surface area contributed by atoms with Crippen molar-refractivity contribution in [3.63, 3.8) is 0 Å². The van der Waals surface area contributed by atoms with E-state index < -0.39 is 0 Å². The van der Waals surface area contributed by atoms with Crippen LogP contribution in [0.1, 0.15) is 19.3 Å². The van der Waals surface area contributed by atoms with Crippen LogP contribution in [-0.2, 0) is 0 Å². The summed E-state index contributed by atoms with van der Waals surface area (Å²) < 4.78 is 10.6. The maximum Gasteiger partial charge on any atom is 0.231 e. The molecule has 2 N–H and O–H groups in total. The molecule has 2 heterocycles. The molecular weight excluding hydrogens is 252 g/mol. The second kappa shape index (κ2) is 5.24. The predicted octanol–water partition coefficient (Wildman–Crippen LogP) is 2.62. The van der Waals surface area contributed by atoms with E-state index in [-0.39, 0.29) is 6.79 Å². The van der Waals surface area contributed by atoms with Gasteiger partial charge in [-0.2, -0.15) is 0 Å². The molecule has 0 radical (unpaired) electrons. The molecule has 1 atom stereocenters. The lowest BCUT2D eigenvalue weighted by atomic mass is 10.1. The third kappa shape index (κ3) is 2.49. The zero-order chi connectivity index (χ0) is 12.4. The molecule has 1 aromatic carbocycles. The van der Waals surface area contributed by atoms with Gasteiger partial charge in [0.05, 0.1) is 10.7 Å². The monoisotopic (exact) mass is 268 g/mol. The highest BCUT2D eigenvalue weighted by atomic mass is 35.5. The van der Waals surface area contributed by atoms with Crippen LogP contribution in [0.3, 0.4) is 0 Å². The minimum atomic E-state index is 0.277. The predicted molar refractivity (Wildman–Crippen MR) is 71.7 cm³/mol. The van der Waals surface area contributed by atoms with E-state index >= 15 is 0 Å². The summed E-state index contributed by atoms with van der Waals surface area (Å²) in [4.78, 5) is 0. The molecule has 2 aliphatic heterocycles. The van der Waals surface area contributed by atoms with E-state index in [1.807, 2.05) is 6.07 Å². The summed E-state index contributed by atoms with van der Waals surface area (Å²) in [5.41, 5.74) is 0.910. The minimum Gasteiger partial charge on any atom is -0.454 e. The SMILES string of the molecule is Clc1cc2c(cc1NCC1CCCCN1)OCO2. The molecule has 0 aromatic heterocycles. The van der Waals surface area contributed by atoms with Crippen molar-refractivity contribution in [2.75, 3.05) is 25.2 Å². The normalized spacial score (nSPS) is 21.9. The molecule has 0 aliphatic carbocycles. The zero-order valence-electron chi connectivity index (χ0n) is 10.2. The lowest BCUT2D eigenvalue weighted by molar-refractivity contribution is 0.174. The summed E-state index contributed by atoms with van der Waals surface area (Å²) in [6.07, 6.45) is 3.80. The van der Waals surface area contributed by atoms with E-state index in [4.69, 9.17) is 21.1 Å². The maximum atomic E-state index is 6.21. The Bertz CT molecular complexity index is 433. The summed E-state index contributed by atoms with van der Waals surface area (Å²) in [6.45, 7) is 2.28. The highest BCUT2D eigenvalue weighted by molar-refractivity contribution is 6.33. The number of anilines is 1. The Morgan fingerprint density at radius 2 is 2.11 bits per heavy atom. The summed E-state index contributed by atoms with van der Waals surface area (Å²) >= 11 is 6.21. The number of hydrogen-bond acceptors (Lipinski definition) is 4. The standard InChI is InChI=1S/C13H17ClN2O2/c14-10-5-12-13(18-8-17-12)6-11(10)16-7-9-3-1-2-4-15-9/h5-6,9,15-16H,1-4,7-8H2. The molecule has 1 fully saturated rings. The topological polar surface area (TPSA) is 42.5 Å². The average Bonchev–Trinajstić information content (AvgIpc) is 2.84. The number of halogens is 1. The largest absolute Gasteiger partial charge is 0.454 e. The Morgan fingerprint density at radius 1 is 1.28 bits per heavy atom. The second-order valence-electron chi connectivity index (χ2n) is 4.71. The van der Waals surface area contributed by atoms with E-state index in [2.05, 4.69) is 10.6 Å². The van der Waals surface area contributed by atoms with Gasteiger partial charge in [0.1, 0.15) is 0 Å². The van der Waals surface area contributed by atoms with Gasteiger partial charge in [0.2, 0.25) is 6.79 Å².